The molecule has 3 rings (SSSR count). The Labute approximate surface area is 135 Å². The number of halogens is 1. The minimum Gasteiger partial charge on any atom is -0.451 e. The summed E-state index contributed by atoms with van der Waals surface area (Å²) in [5.41, 5.74) is 0.575. The number of furan rings is 1. The molecule has 1 N–H and O–H groups in total. The van der Waals surface area contributed by atoms with Crippen molar-refractivity contribution in [2.75, 3.05) is 5.32 Å². The van der Waals surface area contributed by atoms with E-state index in [2.05, 4.69) is 5.32 Å². The zero-order valence-electron chi connectivity index (χ0n) is 12.2. The van der Waals surface area contributed by atoms with Crippen LogP contribution in [0.2, 0.25) is 0 Å². The first-order valence-electron chi connectivity index (χ1n) is 6.95. The second-order valence-corrected chi connectivity index (χ2v) is 4.90. The third-order valence-electron chi connectivity index (χ3n) is 3.30. The predicted octanol–water partition coefficient (Wildman–Crippen LogP) is 4.25. The molecule has 0 spiro atoms. The molecule has 3 aromatic rings. The lowest BCUT2D eigenvalue weighted by atomic mass is 10.1. The minimum absolute atomic E-state index is 0.00697. The highest BCUT2D eigenvalue weighted by molar-refractivity contribution is 6.02. The van der Waals surface area contributed by atoms with Crippen LogP contribution in [-0.2, 0) is 0 Å². The van der Waals surface area contributed by atoms with Gasteiger partial charge in [-0.2, -0.15) is 0 Å². The molecule has 6 nitrogen and oxygen atoms in total. The highest BCUT2D eigenvalue weighted by Crippen LogP contribution is 2.31. The van der Waals surface area contributed by atoms with Crippen LogP contribution in [0.5, 0.6) is 0 Å². The Morgan fingerprint density at radius 1 is 1.04 bits per heavy atom. The van der Waals surface area contributed by atoms with Gasteiger partial charge in [-0.15, -0.1) is 0 Å². The normalized spacial score (nSPS) is 10.4. The first-order chi connectivity index (χ1) is 11.5. The van der Waals surface area contributed by atoms with Crippen LogP contribution >= 0.6 is 0 Å². The average molecular weight is 326 g/mol. The fourth-order valence-electron chi connectivity index (χ4n) is 2.17. The monoisotopic (exact) mass is 326 g/mol. The molecular weight excluding hydrogens is 315 g/mol. The molecule has 0 saturated carbocycles. The minimum atomic E-state index is -0.536. The molecule has 0 atom stereocenters. The van der Waals surface area contributed by atoms with E-state index in [-0.39, 0.29) is 22.8 Å². The number of amides is 1. The maximum atomic E-state index is 12.9. The van der Waals surface area contributed by atoms with E-state index in [0.717, 1.165) is 0 Å². The lowest BCUT2D eigenvalue weighted by molar-refractivity contribution is -0.384. The molecular formula is C17H11FN2O4. The van der Waals surface area contributed by atoms with Gasteiger partial charge < -0.3 is 9.73 Å². The maximum Gasteiger partial charge on any atom is 0.291 e. The molecule has 0 radical (unpaired) electrons. The first-order valence-corrected chi connectivity index (χ1v) is 6.95. The summed E-state index contributed by atoms with van der Waals surface area (Å²) >= 11 is 0. The maximum absolute atomic E-state index is 12.9. The van der Waals surface area contributed by atoms with Crippen LogP contribution in [0.1, 0.15) is 10.6 Å². The largest absolute Gasteiger partial charge is 0.451 e. The quantitative estimate of drug-likeness (QED) is 0.574. The summed E-state index contributed by atoms with van der Waals surface area (Å²) in [6.45, 7) is 0. The van der Waals surface area contributed by atoms with Crippen molar-refractivity contribution in [3.05, 3.63) is 82.4 Å². The number of carbonyl (C=O) groups excluding carboxylic acids is 1. The number of rotatable bonds is 4. The zero-order chi connectivity index (χ0) is 17.1. The highest BCUT2D eigenvalue weighted by Gasteiger charge is 2.19. The predicted molar refractivity (Wildman–Crippen MR) is 85.2 cm³/mol. The van der Waals surface area contributed by atoms with E-state index < -0.39 is 16.6 Å². The summed E-state index contributed by atoms with van der Waals surface area (Å²) in [6, 6.07) is 14.3. The molecule has 1 amide bonds. The van der Waals surface area contributed by atoms with Crippen molar-refractivity contribution in [2.24, 2.45) is 0 Å². The number of carbonyl (C=O) groups is 1. The number of nitrogens with zero attached hydrogens (tertiary/aromatic N) is 1. The summed E-state index contributed by atoms with van der Waals surface area (Å²) in [6.07, 6.45) is 0. The van der Waals surface area contributed by atoms with Crippen LogP contribution in [0.3, 0.4) is 0 Å². The van der Waals surface area contributed by atoms with E-state index >= 15 is 0 Å². The number of hydrogen-bond donors (Lipinski definition) is 1. The smallest absolute Gasteiger partial charge is 0.291 e. The number of nitrogens with one attached hydrogen (secondary N) is 1. The van der Waals surface area contributed by atoms with Gasteiger partial charge in [-0.1, -0.05) is 12.1 Å². The van der Waals surface area contributed by atoms with Crippen molar-refractivity contribution < 1.29 is 18.5 Å². The number of anilines is 1. The Bertz CT molecular complexity index is 903. The van der Waals surface area contributed by atoms with Crippen molar-refractivity contribution in [3.63, 3.8) is 0 Å². The van der Waals surface area contributed by atoms with Crippen LogP contribution in [-0.4, -0.2) is 10.8 Å². The van der Waals surface area contributed by atoms with Gasteiger partial charge in [0.2, 0.25) is 0 Å². The molecule has 7 heteroatoms. The standard InChI is InChI=1S/C17H11FN2O4/c18-11-5-7-12(8-6-11)19-17(21)16-10-9-15(24-16)13-3-1-2-4-14(13)20(22)23/h1-10H,(H,19,21). The number of hydrogen-bond acceptors (Lipinski definition) is 4. The summed E-state index contributed by atoms with van der Waals surface area (Å²) < 4.78 is 18.3. The molecule has 2 aromatic carbocycles. The number of benzene rings is 2. The summed E-state index contributed by atoms with van der Waals surface area (Å²) in [5, 5.41) is 13.6. The fourth-order valence-corrected chi connectivity index (χ4v) is 2.17. The Hall–Kier alpha value is -3.48. The second-order valence-electron chi connectivity index (χ2n) is 4.90. The summed E-state index contributed by atoms with van der Waals surface area (Å²) in [5.74, 6) is -0.741. The summed E-state index contributed by atoms with van der Waals surface area (Å²) in [7, 11) is 0. The molecule has 0 aliphatic carbocycles. The van der Waals surface area contributed by atoms with Gasteiger partial charge in [-0.05, 0) is 42.5 Å². The van der Waals surface area contributed by atoms with Crippen molar-refractivity contribution in [2.45, 2.75) is 0 Å². The van der Waals surface area contributed by atoms with Gasteiger partial charge in [0.15, 0.2) is 5.76 Å². The van der Waals surface area contributed by atoms with E-state index in [0.29, 0.717) is 5.69 Å². The molecule has 0 fully saturated rings. The van der Waals surface area contributed by atoms with Crippen molar-refractivity contribution in [1.29, 1.82) is 0 Å². The van der Waals surface area contributed by atoms with Crippen LogP contribution in [0.15, 0.2) is 65.1 Å². The van der Waals surface area contributed by atoms with E-state index in [1.165, 1.54) is 42.5 Å². The number of para-hydroxylation sites is 1. The fraction of sp³-hybridized carbons (Fsp3) is 0. The third-order valence-corrected chi connectivity index (χ3v) is 3.30. The molecule has 24 heavy (non-hydrogen) atoms. The van der Waals surface area contributed by atoms with Gasteiger partial charge >= 0.3 is 0 Å². The van der Waals surface area contributed by atoms with Gasteiger partial charge in [-0.3, -0.25) is 14.9 Å². The van der Waals surface area contributed by atoms with Crippen LogP contribution < -0.4 is 5.32 Å². The van der Waals surface area contributed by atoms with Crippen molar-refractivity contribution >= 4 is 17.3 Å². The van der Waals surface area contributed by atoms with Gasteiger partial charge in [-0.25, -0.2) is 4.39 Å². The molecule has 1 aromatic heterocycles. The van der Waals surface area contributed by atoms with Crippen LogP contribution in [0, 0.1) is 15.9 Å². The van der Waals surface area contributed by atoms with E-state index in [9.17, 15) is 19.3 Å². The molecule has 0 aliphatic rings. The number of nitro groups is 1. The molecule has 0 aliphatic heterocycles. The topological polar surface area (TPSA) is 85.4 Å². The molecule has 0 bridgehead atoms. The first kappa shape index (κ1) is 15.4. The van der Waals surface area contributed by atoms with Crippen LogP contribution in [0.25, 0.3) is 11.3 Å². The van der Waals surface area contributed by atoms with Crippen molar-refractivity contribution in [1.82, 2.24) is 0 Å². The Kier molecular flexibility index (Phi) is 4.07. The van der Waals surface area contributed by atoms with Gasteiger partial charge in [0.05, 0.1) is 10.5 Å². The van der Waals surface area contributed by atoms with E-state index in [4.69, 9.17) is 4.42 Å². The SMILES string of the molecule is O=C(Nc1ccc(F)cc1)c1ccc(-c2ccccc2[N+](=O)[O-])o1. The molecule has 120 valence electrons. The molecule has 0 unspecified atom stereocenters. The molecule has 1 heterocycles. The van der Waals surface area contributed by atoms with Gasteiger partial charge in [0.1, 0.15) is 11.6 Å². The average Bonchev–Trinajstić information content (AvgIpc) is 3.07. The van der Waals surface area contributed by atoms with E-state index in [1.807, 2.05) is 0 Å². The van der Waals surface area contributed by atoms with Crippen molar-refractivity contribution in [3.8, 4) is 11.3 Å². The van der Waals surface area contributed by atoms with E-state index in [1.54, 1.807) is 18.2 Å². The second kappa shape index (κ2) is 6.33. The lowest BCUT2D eigenvalue weighted by Gasteiger charge is -2.03. The number of nitro benzene ring substituents is 1. The molecule has 0 saturated heterocycles. The van der Waals surface area contributed by atoms with Gasteiger partial charge in [0, 0.05) is 11.8 Å². The zero-order valence-corrected chi connectivity index (χ0v) is 12.2. The summed E-state index contributed by atoms with van der Waals surface area (Å²) in [4.78, 5) is 22.7. The lowest BCUT2D eigenvalue weighted by Crippen LogP contribution is -2.10. The third kappa shape index (κ3) is 3.14. The Morgan fingerprint density at radius 2 is 1.75 bits per heavy atom. The van der Waals surface area contributed by atoms with Gasteiger partial charge in [0.25, 0.3) is 11.6 Å². The Morgan fingerprint density at radius 3 is 2.46 bits per heavy atom. The van der Waals surface area contributed by atoms with Crippen LogP contribution in [0.4, 0.5) is 15.8 Å². The highest BCUT2D eigenvalue weighted by atomic mass is 19.1. The Balaban J connectivity index is 1.84.